The SMILES string of the molecule is CC(C)[C@H]1[C@H](O)CC(=O)N1C. The van der Waals surface area contributed by atoms with E-state index in [0.29, 0.717) is 12.3 Å². The van der Waals surface area contributed by atoms with Gasteiger partial charge in [-0.3, -0.25) is 4.79 Å². The van der Waals surface area contributed by atoms with Gasteiger partial charge >= 0.3 is 0 Å². The number of carbonyl (C=O) groups is 1. The lowest BCUT2D eigenvalue weighted by atomic mass is 10.00. The summed E-state index contributed by atoms with van der Waals surface area (Å²) >= 11 is 0. The molecule has 0 aromatic heterocycles. The van der Waals surface area contributed by atoms with E-state index in [9.17, 15) is 9.90 Å². The van der Waals surface area contributed by atoms with Gasteiger partial charge in [-0.05, 0) is 5.92 Å². The number of rotatable bonds is 1. The van der Waals surface area contributed by atoms with E-state index in [1.807, 2.05) is 13.8 Å². The van der Waals surface area contributed by atoms with Gasteiger partial charge in [-0.1, -0.05) is 13.8 Å². The van der Waals surface area contributed by atoms with E-state index in [-0.39, 0.29) is 11.9 Å². The first-order chi connectivity index (χ1) is 5.04. The Labute approximate surface area is 67.0 Å². The Morgan fingerprint density at radius 3 is 2.36 bits per heavy atom. The highest BCUT2D eigenvalue weighted by atomic mass is 16.3. The number of carbonyl (C=O) groups excluding carboxylic acids is 1. The summed E-state index contributed by atoms with van der Waals surface area (Å²) in [5.41, 5.74) is 0. The van der Waals surface area contributed by atoms with E-state index in [4.69, 9.17) is 0 Å². The molecule has 1 saturated heterocycles. The standard InChI is InChI=1S/C8H15NO2/c1-5(2)8-6(10)4-7(11)9(8)3/h5-6,8,10H,4H2,1-3H3/t6-,8+/m1/s1. The zero-order valence-electron chi connectivity index (χ0n) is 7.24. The van der Waals surface area contributed by atoms with Crippen LogP contribution in [0.5, 0.6) is 0 Å². The van der Waals surface area contributed by atoms with Gasteiger partial charge in [0.2, 0.25) is 5.91 Å². The Bertz CT molecular complexity index is 167. The highest BCUT2D eigenvalue weighted by Gasteiger charge is 2.37. The molecule has 1 fully saturated rings. The third kappa shape index (κ3) is 1.38. The highest BCUT2D eigenvalue weighted by molar-refractivity contribution is 5.79. The Hall–Kier alpha value is -0.570. The van der Waals surface area contributed by atoms with Crippen molar-refractivity contribution in [1.29, 1.82) is 0 Å². The van der Waals surface area contributed by atoms with Gasteiger partial charge in [0, 0.05) is 7.05 Å². The number of likely N-dealkylation sites (tertiary alicyclic amines) is 1. The van der Waals surface area contributed by atoms with Crippen LogP contribution in [0.1, 0.15) is 20.3 Å². The van der Waals surface area contributed by atoms with Crippen LogP contribution in [0.4, 0.5) is 0 Å². The van der Waals surface area contributed by atoms with Crippen molar-refractivity contribution in [2.75, 3.05) is 7.05 Å². The average Bonchev–Trinajstić information content (AvgIpc) is 2.07. The fourth-order valence-electron chi connectivity index (χ4n) is 1.76. The van der Waals surface area contributed by atoms with Crippen molar-refractivity contribution in [3.05, 3.63) is 0 Å². The fraction of sp³-hybridized carbons (Fsp3) is 0.875. The fourth-order valence-corrected chi connectivity index (χ4v) is 1.76. The van der Waals surface area contributed by atoms with E-state index in [2.05, 4.69) is 0 Å². The zero-order valence-corrected chi connectivity index (χ0v) is 7.24. The summed E-state index contributed by atoms with van der Waals surface area (Å²) < 4.78 is 0. The van der Waals surface area contributed by atoms with E-state index in [0.717, 1.165) is 0 Å². The maximum atomic E-state index is 11.1. The smallest absolute Gasteiger partial charge is 0.225 e. The molecule has 0 aromatic carbocycles. The normalized spacial score (nSPS) is 32.1. The van der Waals surface area contributed by atoms with Crippen LogP contribution >= 0.6 is 0 Å². The average molecular weight is 157 g/mol. The second-order valence-corrected chi connectivity index (χ2v) is 3.51. The Morgan fingerprint density at radius 1 is 1.64 bits per heavy atom. The highest BCUT2D eigenvalue weighted by Crippen LogP contribution is 2.23. The summed E-state index contributed by atoms with van der Waals surface area (Å²) in [6, 6.07) is 0.0162. The van der Waals surface area contributed by atoms with Crippen LogP contribution in [0.3, 0.4) is 0 Å². The molecular formula is C8H15NO2. The van der Waals surface area contributed by atoms with Gasteiger partial charge in [0.25, 0.3) is 0 Å². The zero-order chi connectivity index (χ0) is 8.59. The number of nitrogens with zero attached hydrogens (tertiary/aromatic N) is 1. The van der Waals surface area contributed by atoms with Crippen molar-refractivity contribution in [3.63, 3.8) is 0 Å². The topological polar surface area (TPSA) is 40.5 Å². The van der Waals surface area contributed by atoms with E-state index >= 15 is 0 Å². The molecule has 3 nitrogen and oxygen atoms in total. The molecule has 1 N–H and O–H groups in total. The van der Waals surface area contributed by atoms with Gasteiger partial charge in [-0.25, -0.2) is 0 Å². The summed E-state index contributed by atoms with van der Waals surface area (Å²) in [6.45, 7) is 4.03. The summed E-state index contributed by atoms with van der Waals surface area (Å²) in [7, 11) is 1.75. The van der Waals surface area contributed by atoms with E-state index in [1.165, 1.54) is 0 Å². The number of hydrogen-bond acceptors (Lipinski definition) is 2. The van der Waals surface area contributed by atoms with Gasteiger partial charge < -0.3 is 10.0 Å². The monoisotopic (exact) mass is 157 g/mol. The van der Waals surface area contributed by atoms with Gasteiger partial charge in [0.1, 0.15) is 0 Å². The molecule has 1 rings (SSSR count). The minimum atomic E-state index is -0.465. The van der Waals surface area contributed by atoms with Crippen LogP contribution in [-0.2, 0) is 4.79 Å². The van der Waals surface area contributed by atoms with Crippen molar-refractivity contribution in [3.8, 4) is 0 Å². The second kappa shape index (κ2) is 2.81. The van der Waals surface area contributed by atoms with Gasteiger partial charge in [-0.2, -0.15) is 0 Å². The van der Waals surface area contributed by atoms with Gasteiger partial charge in [-0.15, -0.1) is 0 Å². The van der Waals surface area contributed by atoms with Crippen LogP contribution in [0.2, 0.25) is 0 Å². The molecule has 64 valence electrons. The lowest BCUT2D eigenvalue weighted by molar-refractivity contribution is -0.128. The Kier molecular flexibility index (Phi) is 2.18. The van der Waals surface area contributed by atoms with E-state index in [1.54, 1.807) is 11.9 Å². The minimum absolute atomic E-state index is 0.0162. The first-order valence-electron chi connectivity index (χ1n) is 3.97. The molecule has 1 aliphatic heterocycles. The van der Waals surface area contributed by atoms with Crippen LogP contribution in [0.25, 0.3) is 0 Å². The molecule has 3 heteroatoms. The molecule has 0 bridgehead atoms. The largest absolute Gasteiger partial charge is 0.390 e. The number of likely N-dealkylation sites (N-methyl/N-ethyl adjacent to an activating group) is 1. The van der Waals surface area contributed by atoms with Crippen LogP contribution < -0.4 is 0 Å². The molecule has 0 unspecified atom stereocenters. The first kappa shape index (κ1) is 8.53. The van der Waals surface area contributed by atoms with Crippen LogP contribution in [0, 0.1) is 5.92 Å². The molecule has 0 aromatic rings. The first-order valence-corrected chi connectivity index (χ1v) is 3.97. The molecule has 0 saturated carbocycles. The summed E-state index contributed by atoms with van der Waals surface area (Å²) in [5.74, 6) is 0.387. The van der Waals surface area contributed by atoms with Crippen molar-refractivity contribution in [2.45, 2.75) is 32.4 Å². The molecule has 1 heterocycles. The summed E-state index contributed by atoms with van der Waals surface area (Å²) in [4.78, 5) is 12.7. The molecular weight excluding hydrogens is 142 g/mol. The maximum Gasteiger partial charge on any atom is 0.225 e. The molecule has 11 heavy (non-hydrogen) atoms. The number of amides is 1. The Morgan fingerprint density at radius 2 is 2.18 bits per heavy atom. The Balaban J connectivity index is 2.71. The molecule has 2 atom stereocenters. The molecule has 0 spiro atoms. The minimum Gasteiger partial charge on any atom is -0.390 e. The molecule has 0 radical (unpaired) electrons. The lowest BCUT2D eigenvalue weighted by Gasteiger charge is -2.25. The van der Waals surface area contributed by atoms with Crippen molar-refractivity contribution in [2.24, 2.45) is 5.92 Å². The molecule has 1 amide bonds. The van der Waals surface area contributed by atoms with Crippen molar-refractivity contribution >= 4 is 5.91 Å². The van der Waals surface area contributed by atoms with E-state index < -0.39 is 6.10 Å². The third-order valence-electron chi connectivity index (χ3n) is 2.30. The van der Waals surface area contributed by atoms with Crippen LogP contribution in [-0.4, -0.2) is 35.1 Å². The number of hydrogen-bond donors (Lipinski definition) is 1. The predicted molar refractivity (Wildman–Crippen MR) is 42.0 cm³/mol. The molecule has 0 aliphatic carbocycles. The van der Waals surface area contributed by atoms with Crippen molar-refractivity contribution in [1.82, 2.24) is 4.90 Å². The number of aliphatic hydroxyl groups is 1. The lowest BCUT2D eigenvalue weighted by Crippen LogP contribution is -2.37. The van der Waals surface area contributed by atoms with Gasteiger partial charge in [0.05, 0.1) is 18.6 Å². The van der Waals surface area contributed by atoms with Crippen LogP contribution in [0.15, 0.2) is 0 Å². The summed E-state index contributed by atoms with van der Waals surface area (Å²) in [5, 5.41) is 9.44. The number of aliphatic hydroxyl groups excluding tert-OH is 1. The van der Waals surface area contributed by atoms with Gasteiger partial charge in [0.15, 0.2) is 0 Å². The summed E-state index contributed by atoms with van der Waals surface area (Å²) in [6.07, 6.45) is -0.174. The molecule has 1 aliphatic rings. The van der Waals surface area contributed by atoms with Crippen molar-refractivity contribution < 1.29 is 9.90 Å². The quantitative estimate of drug-likeness (QED) is 0.592. The predicted octanol–water partition coefficient (Wildman–Crippen LogP) is 0.234. The maximum absolute atomic E-state index is 11.1. The third-order valence-corrected chi connectivity index (χ3v) is 2.30. The second-order valence-electron chi connectivity index (χ2n) is 3.51.